The number of pyridine rings is 2. The highest BCUT2D eigenvalue weighted by Crippen LogP contribution is 2.22. The molecule has 0 bridgehead atoms. The lowest BCUT2D eigenvalue weighted by molar-refractivity contribution is 0.241. The first-order valence-electron chi connectivity index (χ1n) is 9.35. The smallest absolute Gasteiger partial charge is 0.254 e. The molecule has 3 aromatic heterocycles. The van der Waals surface area contributed by atoms with E-state index in [0.29, 0.717) is 18.8 Å². The van der Waals surface area contributed by atoms with E-state index in [9.17, 15) is 4.79 Å². The fourth-order valence-corrected chi connectivity index (χ4v) is 3.80. The summed E-state index contributed by atoms with van der Waals surface area (Å²) in [5, 5.41) is 1.14. The van der Waals surface area contributed by atoms with Crippen LogP contribution in [0.4, 0.5) is 0 Å². The third-order valence-electron chi connectivity index (χ3n) is 5.20. The van der Waals surface area contributed by atoms with Gasteiger partial charge in [0.1, 0.15) is 5.82 Å². The lowest BCUT2D eigenvalue weighted by atomic mass is 10.0. The highest BCUT2D eigenvalue weighted by atomic mass is 16.1. The summed E-state index contributed by atoms with van der Waals surface area (Å²) in [5.74, 6) is 0.575. The van der Waals surface area contributed by atoms with Gasteiger partial charge in [0.05, 0.1) is 11.2 Å². The standard InChI is InChI=1S/C22H19N5O/c28-22-18-8-11-27(13-17-5-1-4-15-6-3-10-24-20(15)17)14-19(18)25-21(26-22)16-7-2-9-23-12-16/h1-7,9-10,12H,8,11,13-14H2,(H,25,26,28). The molecule has 1 aliphatic rings. The molecule has 0 radical (unpaired) electrons. The molecule has 4 heterocycles. The van der Waals surface area contributed by atoms with Crippen molar-refractivity contribution in [3.05, 3.63) is 88.2 Å². The Hall–Kier alpha value is -3.38. The maximum atomic E-state index is 12.6. The minimum atomic E-state index is -0.0460. The Morgan fingerprint density at radius 2 is 1.96 bits per heavy atom. The Morgan fingerprint density at radius 1 is 1.07 bits per heavy atom. The van der Waals surface area contributed by atoms with Crippen LogP contribution in [-0.2, 0) is 19.5 Å². The number of fused-ring (bicyclic) bond motifs is 2. The Labute approximate surface area is 161 Å². The Morgan fingerprint density at radius 3 is 2.86 bits per heavy atom. The topological polar surface area (TPSA) is 74.8 Å². The molecule has 6 heteroatoms. The van der Waals surface area contributed by atoms with Crippen molar-refractivity contribution >= 4 is 10.9 Å². The number of hydrogen-bond donors (Lipinski definition) is 1. The third kappa shape index (κ3) is 3.08. The minimum absolute atomic E-state index is 0.0460. The van der Waals surface area contributed by atoms with Crippen LogP contribution in [0.1, 0.15) is 16.8 Å². The molecule has 1 aliphatic heterocycles. The molecule has 0 saturated carbocycles. The summed E-state index contributed by atoms with van der Waals surface area (Å²) in [6.45, 7) is 2.26. The van der Waals surface area contributed by atoms with E-state index in [-0.39, 0.29) is 5.56 Å². The van der Waals surface area contributed by atoms with E-state index in [2.05, 4.69) is 44.1 Å². The van der Waals surface area contributed by atoms with Gasteiger partial charge >= 0.3 is 0 Å². The second-order valence-corrected chi connectivity index (χ2v) is 7.03. The van der Waals surface area contributed by atoms with Crippen LogP contribution in [0.15, 0.2) is 65.8 Å². The lowest BCUT2D eigenvalue weighted by Gasteiger charge is -2.28. The molecule has 0 atom stereocenters. The van der Waals surface area contributed by atoms with Crippen LogP contribution >= 0.6 is 0 Å². The van der Waals surface area contributed by atoms with Crippen molar-refractivity contribution < 1.29 is 0 Å². The lowest BCUT2D eigenvalue weighted by Crippen LogP contribution is -2.35. The number of H-pyrrole nitrogens is 1. The van der Waals surface area contributed by atoms with Gasteiger partial charge < -0.3 is 4.98 Å². The molecular weight excluding hydrogens is 350 g/mol. The molecule has 0 spiro atoms. The largest absolute Gasteiger partial charge is 0.306 e. The maximum absolute atomic E-state index is 12.6. The van der Waals surface area contributed by atoms with Gasteiger partial charge in [-0.3, -0.25) is 19.7 Å². The van der Waals surface area contributed by atoms with Crippen LogP contribution in [0.3, 0.4) is 0 Å². The van der Waals surface area contributed by atoms with Gasteiger partial charge in [-0.1, -0.05) is 24.3 Å². The number of para-hydroxylation sites is 1. The zero-order valence-electron chi connectivity index (χ0n) is 15.3. The number of rotatable bonds is 3. The first kappa shape index (κ1) is 16.8. The van der Waals surface area contributed by atoms with E-state index in [4.69, 9.17) is 4.98 Å². The molecule has 0 fully saturated rings. The van der Waals surface area contributed by atoms with E-state index < -0.39 is 0 Å². The molecule has 138 valence electrons. The third-order valence-corrected chi connectivity index (χ3v) is 5.20. The highest BCUT2D eigenvalue weighted by Gasteiger charge is 2.22. The molecule has 5 rings (SSSR count). The molecule has 4 aromatic rings. The van der Waals surface area contributed by atoms with Crippen molar-refractivity contribution in [3.63, 3.8) is 0 Å². The second kappa shape index (κ2) is 6.98. The molecule has 0 unspecified atom stereocenters. The number of nitrogens with zero attached hydrogens (tertiary/aromatic N) is 4. The molecule has 0 saturated heterocycles. The van der Waals surface area contributed by atoms with Crippen LogP contribution < -0.4 is 5.56 Å². The van der Waals surface area contributed by atoms with Crippen molar-refractivity contribution in [2.75, 3.05) is 6.54 Å². The molecular formula is C22H19N5O. The first-order valence-corrected chi connectivity index (χ1v) is 9.35. The maximum Gasteiger partial charge on any atom is 0.254 e. The minimum Gasteiger partial charge on any atom is -0.306 e. The van der Waals surface area contributed by atoms with E-state index in [1.54, 1.807) is 12.4 Å². The van der Waals surface area contributed by atoms with Gasteiger partial charge in [-0.2, -0.15) is 0 Å². The number of hydrogen-bond acceptors (Lipinski definition) is 5. The van der Waals surface area contributed by atoms with E-state index in [1.807, 2.05) is 24.4 Å². The molecule has 1 aromatic carbocycles. The Kier molecular flexibility index (Phi) is 4.18. The van der Waals surface area contributed by atoms with Gasteiger partial charge in [-0.05, 0) is 30.2 Å². The van der Waals surface area contributed by atoms with Crippen molar-refractivity contribution in [2.24, 2.45) is 0 Å². The van der Waals surface area contributed by atoms with Gasteiger partial charge in [-0.25, -0.2) is 4.98 Å². The van der Waals surface area contributed by atoms with Crippen molar-refractivity contribution in [1.82, 2.24) is 24.8 Å². The summed E-state index contributed by atoms with van der Waals surface area (Å²) >= 11 is 0. The molecule has 6 nitrogen and oxygen atoms in total. The predicted octanol–water partition coefficient (Wildman–Crippen LogP) is 2.94. The zero-order valence-corrected chi connectivity index (χ0v) is 15.3. The molecule has 0 amide bonds. The molecule has 1 N–H and O–H groups in total. The monoisotopic (exact) mass is 369 g/mol. The normalized spacial score (nSPS) is 14.1. The average Bonchev–Trinajstić information content (AvgIpc) is 2.74. The second-order valence-electron chi connectivity index (χ2n) is 7.03. The summed E-state index contributed by atoms with van der Waals surface area (Å²) in [4.78, 5) is 31.2. The summed E-state index contributed by atoms with van der Waals surface area (Å²) < 4.78 is 0. The van der Waals surface area contributed by atoms with Gasteiger partial charge in [0, 0.05) is 54.7 Å². The van der Waals surface area contributed by atoms with E-state index in [1.165, 1.54) is 5.56 Å². The summed E-state index contributed by atoms with van der Waals surface area (Å²) in [6, 6.07) is 14.1. The molecule has 0 aliphatic carbocycles. The fraction of sp³-hybridized carbons (Fsp3) is 0.182. The average molecular weight is 369 g/mol. The SMILES string of the molecule is O=c1[nH]c(-c2cccnc2)nc2c1CCN(Cc1cccc3cccnc13)C2. The quantitative estimate of drug-likeness (QED) is 0.601. The number of nitrogens with one attached hydrogen (secondary N) is 1. The zero-order chi connectivity index (χ0) is 18.9. The van der Waals surface area contributed by atoms with Crippen LogP contribution in [0.2, 0.25) is 0 Å². The van der Waals surface area contributed by atoms with Crippen molar-refractivity contribution in [3.8, 4) is 11.4 Å². The number of aromatic nitrogens is 4. The Bertz CT molecular complexity index is 1200. The van der Waals surface area contributed by atoms with Crippen LogP contribution in [0.25, 0.3) is 22.3 Å². The van der Waals surface area contributed by atoms with E-state index >= 15 is 0 Å². The van der Waals surface area contributed by atoms with Crippen molar-refractivity contribution in [1.29, 1.82) is 0 Å². The summed E-state index contributed by atoms with van der Waals surface area (Å²) in [5.41, 5.74) is 4.64. The van der Waals surface area contributed by atoms with Gasteiger partial charge in [0.15, 0.2) is 0 Å². The Balaban J connectivity index is 1.46. The highest BCUT2D eigenvalue weighted by molar-refractivity contribution is 5.81. The predicted molar refractivity (Wildman–Crippen MR) is 108 cm³/mol. The van der Waals surface area contributed by atoms with Gasteiger partial charge in [-0.15, -0.1) is 0 Å². The fourth-order valence-electron chi connectivity index (χ4n) is 3.80. The summed E-state index contributed by atoms with van der Waals surface area (Å²) in [6.07, 6.45) is 5.95. The van der Waals surface area contributed by atoms with Gasteiger partial charge in [0.25, 0.3) is 5.56 Å². The van der Waals surface area contributed by atoms with Crippen LogP contribution in [-0.4, -0.2) is 31.4 Å². The molecule has 28 heavy (non-hydrogen) atoms. The van der Waals surface area contributed by atoms with Crippen LogP contribution in [0, 0.1) is 0 Å². The van der Waals surface area contributed by atoms with Crippen molar-refractivity contribution in [2.45, 2.75) is 19.5 Å². The van der Waals surface area contributed by atoms with E-state index in [0.717, 1.165) is 40.8 Å². The van der Waals surface area contributed by atoms with Gasteiger partial charge in [0.2, 0.25) is 0 Å². The number of aromatic amines is 1. The number of benzene rings is 1. The van der Waals surface area contributed by atoms with Crippen LogP contribution in [0.5, 0.6) is 0 Å². The summed E-state index contributed by atoms with van der Waals surface area (Å²) in [7, 11) is 0. The first-order chi connectivity index (χ1) is 13.8.